The van der Waals surface area contributed by atoms with E-state index in [9.17, 15) is 18.7 Å². The molecule has 0 N–H and O–H groups in total. The minimum atomic E-state index is -1.75. The van der Waals surface area contributed by atoms with Gasteiger partial charge in [0.2, 0.25) is 0 Å². The average molecular weight is 314 g/mol. The van der Waals surface area contributed by atoms with E-state index in [4.69, 9.17) is 11.6 Å². The number of benzene rings is 2. The minimum Gasteiger partial charge on any atom is -0.258 e. The standard InChI is InChI=1S/C13H9ClFNO3S/c14-10-4-3-6-12(16(17)18)9(10)8-20(19)13-7-2-1-5-11(13)15/h1-7H,8H2. The first kappa shape index (κ1) is 14.6. The average Bonchev–Trinajstić information content (AvgIpc) is 2.41. The molecule has 104 valence electrons. The normalized spacial score (nSPS) is 12.1. The van der Waals surface area contributed by atoms with Crippen molar-refractivity contribution in [3.8, 4) is 0 Å². The predicted octanol–water partition coefficient (Wildman–Crippen LogP) is 3.70. The molecule has 0 saturated heterocycles. The van der Waals surface area contributed by atoms with E-state index in [1.807, 2.05) is 0 Å². The van der Waals surface area contributed by atoms with Gasteiger partial charge in [-0.3, -0.25) is 14.3 Å². The second-order valence-electron chi connectivity index (χ2n) is 3.91. The summed E-state index contributed by atoms with van der Waals surface area (Å²) in [5.74, 6) is -0.822. The maximum absolute atomic E-state index is 13.5. The largest absolute Gasteiger partial charge is 0.275 e. The third-order valence-electron chi connectivity index (χ3n) is 2.65. The maximum Gasteiger partial charge on any atom is 0.275 e. The van der Waals surface area contributed by atoms with E-state index >= 15 is 0 Å². The second kappa shape index (κ2) is 6.11. The Morgan fingerprint density at radius 3 is 2.55 bits per heavy atom. The van der Waals surface area contributed by atoms with E-state index in [1.165, 1.54) is 36.4 Å². The Morgan fingerprint density at radius 1 is 1.20 bits per heavy atom. The fourth-order valence-electron chi connectivity index (χ4n) is 1.70. The zero-order valence-corrected chi connectivity index (χ0v) is 11.7. The Kier molecular flexibility index (Phi) is 4.46. The molecule has 2 aromatic carbocycles. The molecule has 0 spiro atoms. The monoisotopic (exact) mass is 313 g/mol. The lowest BCUT2D eigenvalue weighted by atomic mass is 10.2. The molecule has 0 aromatic heterocycles. The van der Waals surface area contributed by atoms with Gasteiger partial charge in [0, 0.05) is 6.07 Å². The third-order valence-corrected chi connectivity index (χ3v) is 4.37. The van der Waals surface area contributed by atoms with Crippen LogP contribution in [-0.2, 0) is 16.6 Å². The highest BCUT2D eigenvalue weighted by Crippen LogP contribution is 2.29. The number of nitro groups is 1. The quantitative estimate of drug-likeness (QED) is 0.639. The van der Waals surface area contributed by atoms with Crippen molar-refractivity contribution in [3.05, 3.63) is 69.0 Å². The van der Waals surface area contributed by atoms with Crippen LogP contribution in [0.2, 0.25) is 5.02 Å². The SMILES string of the molecule is O=[N+]([O-])c1cccc(Cl)c1CS(=O)c1ccccc1F. The van der Waals surface area contributed by atoms with Crippen molar-refractivity contribution in [1.82, 2.24) is 0 Å². The molecule has 2 rings (SSSR count). The second-order valence-corrected chi connectivity index (χ2v) is 5.74. The van der Waals surface area contributed by atoms with Gasteiger partial charge in [-0.05, 0) is 18.2 Å². The molecule has 0 aliphatic heterocycles. The highest BCUT2D eigenvalue weighted by atomic mass is 35.5. The van der Waals surface area contributed by atoms with Crippen LogP contribution >= 0.6 is 11.6 Å². The Hall–Kier alpha value is -1.79. The van der Waals surface area contributed by atoms with Crippen LogP contribution in [0.4, 0.5) is 10.1 Å². The zero-order chi connectivity index (χ0) is 14.7. The summed E-state index contributed by atoms with van der Waals surface area (Å²) in [5.41, 5.74) is -0.0806. The summed E-state index contributed by atoms with van der Waals surface area (Å²) in [6.07, 6.45) is 0. The summed E-state index contributed by atoms with van der Waals surface area (Å²) in [6.45, 7) is 0. The Labute approximate surface area is 121 Å². The Morgan fingerprint density at radius 2 is 1.90 bits per heavy atom. The van der Waals surface area contributed by atoms with Gasteiger partial charge < -0.3 is 0 Å². The summed E-state index contributed by atoms with van der Waals surface area (Å²) >= 11 is 5.91. The van der Waals surface area contributed by atoms with Gasteiger partial charge in [-0.15, -0.1) is 0 Å². The fourth-order valence-corrected chi connectivity index (χ4v) is 3.25. The van der Waals surface area contributed by atoms with E-state index in [-0.39, 0.29) is 26.9 Å². The van der Waals surface area contributed by atoms with Gasteiger partial charge in [-0.1, -0.05) is 29.8 Å². The summed E-state index contributed by atoms with van der Waals surface area (Å²) in [5, 5.41) is 11.1. The molecule has 1 unspecified atom stereocenters. The number of halogens is 2. The van der Waals surface area contributed by atoms with Crippen molar-refractivity contribution in [2.24, 2.45) is 0 Å². The molecule has 0 bridgehead atoms. The van der Waals surface area contributed by atoms with Gasteiger partial charge in [0.25, 0.3) is 5.69 Å². The van der Waals surface area contributed by atoms with Crippen LogP contribution in [0, 0.1) is 15.9 Å². The van der Waals surface area contributed by atoms with Crippen molar-refractivity contribution in [3.63, 3.8) is 0 Å². The summed E-state index contributed by atoms with van der Waals surface area (Å²) in [6, 6.07) is 9.80. The van der Waals surface area contributed by atoms with E-state index in [0.29, 0.717) is 0 Å². The highest BCUT2D eigenvalue weighted by molar-refractivity contribution is 7.84. The maximum atomic E-state index is 13.5. The molecule has 20 heavy (non-hydrogen) atoms. The first-order valence-electron chi connectivity index (χ1n) is 5.55. The summed E-state index contributed by atoms with van der Waals surface area (Å²) < 4.78 is 25.7. The molecule has 0 saturated carbocycles. The van der Waals surface area contributed by atoms with E-state index < -0.39 is 21.5 Å². The number of hydrogen-bond acceptors (Lipinski definition) is 3. The van der Waals surface area contributed by atoms with Gasteiger partial charge in [-0.25, -0.2) is 4.39 Å². The number of rotatable bonds is 4. The first-order chi connectivity index (χ1) is 9.50. The number of nitrogens with zero attached hydrogens (tertiary/aromatic N) is 1. The molecule has 0 fully saturated rings. The highest BCUT2D eigenvalue weighted by Gasteiger charge is 2.20. The van der Waals surface area contributed by atoms with Crippen molar-refractivity contribution in [2.45, 2.75) is 10.6 Å². The Balaban J connectivity index is 2.38. The molecule has 4 nitrogen and oxygen atoms in total. The molecule has 2 aromatic rings. The lowest BCUT2D eigenvalue weighted by Crippen LogP contribution is -2.03. The third kappa shape index (κ3) is 3.02. The van der Waals surface area contributed by atoms with Crippen molar-refractivity contribution >= 4 is 28.1 Å². The van der Waals surface area contributed by atoms with E-state index in [2.05, 4.69) is 0 Å². The first-order valence-corrected chi connectivity index (χ1v) is 7.25. The van der Waals surface area contributed by atoms with Gasteiger partial charge >= 0.3 is 0 Å². The van der Waals surface area contributed by atoms with Crippen LogP contribution < -0.4 is 0 Å². The van der Waals surface area contributed by atoms with Crippen molar-refractivity contribution in [1.29, 1.82) is 0 Å². The van der Waals surface area contributed by atoms with Crippen LogP contribution in [-0.4, -0.2) is 9.13 Å². The van der Waals surface area contributed by atoms with Crippen LogP contribution in [0.5, 0.6) is 0 Å². The van der Waals surface area contributed by atoms with Crippen LogP contribution in [0.3, 0.4) is 0 Å². The fraction of sp³-hybridized carbons (Fsp3) is 0.0769. The van der Waals surface area contributed by atoms with Gasteiger partial charge in [0.05, 0.1) is 37.0 Å². The smallest absolute Gasteiger partial charge is 0.258 e. The van der Waals surface area contributed by atoms with Gasteiger partial charge in [0.1, 0.15) is 5.82 Å². The topological polar surface area (TPSA) is 60.2 Å². The molecule has 0 aliphatic carbocycles. The number of nitro benzene ring substituents is 1. The lowest BCUT2D eigenvalue weighted by Gasteiger charge is -2.06. The minimum absolute atomic E-state index is 0.00159. The molecule has 0 amide bonds. The predicted molar refractivity (Wildman–Crippen MR) is 74.6 cm³/mol. The van der Waals surface area contributed by atoms with E-state index in [1.54, 1.807) is 6.07 Å². The molecular formula is C13H9ClFNO3S. The number of hydrogen-bond donors (Lipinski definition) is 0. The molecule has 1 atom stereocenters. The molecular weight excluding hydrogens is 305 g/mol. The van der Waals surface area contributed by atoms with Crippen molar-refractivity contribution in [2.75, 3.05) is 0 Å². The van der Waals surface area contributed by atoms with Crippen LogP contribution in [0.15, 0.2) is 47.4 Å². The van der Waals surface area contributed by atoms with Crippen LogP contribution in [0.25, 0.3) is 0 Å². The molecule has 7 heteroatoms. The van der Waals surface area contributed by atoms with Gasteiger partial charge in [-0.2, -0.15) is 0 Å². The molecule has 0 heterocycles. The van der Waals surface area contributed by atoms with Gasteiger partial charge in [0.15, 0.2) is 0 Å². The summed E-state index contributed by atoms with van der Waals surface area (Å²) in [4.78, 5) is 10.3. The van der Waals surface area contributed by atoms with E-state index in [0.717, 1.165) is 0 Å². The Bertz CT molecular complexity index is 693. The van der Waals surface area contributed by atoms with Crippen LogP contribution in [0.1, 0.15) is 5.56 Å². The molecule has 0 aliphatic rings. The van der Waals surface area contributed by atoms with Crippen molar-refractivity contribution < 1.29 is 13.5 Å². The summed E-state index contributed by atoms with van der Waals surface area (Å²) in [7, 11) is -1.75. The lowest BCUT2D eigenvalue weighted by molar-refractivity contribution is -0.385. The zero-order valence-electron chi connectivity index (χ0n) is 10.1. The molecule has 0 radical (unpaired) electrons.